The van der Waals surface area contributed by atoms with E-state index >= 15 is 0 Å². The minimum absolute atomic E-state index is 0.890. The van der Waals surface area contributed by atoms with Gasteiger partial charge in [-0.25, -0.2) is 0 Å². The highest BCUT2D eigenvalue weighted by Crippen LogP contribution is 2.42. The van der Waals surface area contributed by atoms with Crippen LogP contribution < -0.4 is 10.5 Å². The summed E-state index contributed by atoms with van der Waals surface area (Å²) in [4.78, 5) is 1.49. The summed E-state index contributed by atoms with van der Waals surface area (Å²) in [5.41, 5.74) is 10.2. The van der Waals surface area contributed by atoms with E-state index in [4.69, 9.17) is 10.5 Å². The Morgan fingerprint density at radius 2 is 1.83 bits per heavy atom. The first-order valence-corrected chi connectivity index (χ1v) is 7.15. The molecule has 1 aliphatic rings. The quantitative estimate of drug-likeness (QED) is 0.888. The molecular weight excluding hydrogens is 242 g/mol. The Morgan fingerprint density at radius 1 is 1.11 bits per heavy atom. The van der Waals surface area contributed by atoms with Crippen molar-refractivity contribution in [3.05, 3.63) is 34.7 Å². The number of hydrogen-bond acceptors (Lipinski definition) is 3. The molecule has 0 bridgehead atoms. The van der Waals surface area contributed by atoms with Crippen molar-refractivity contribution >= 4 is 16.3 Å². The topological polar surface area (TPSA) is 35.2 Å². The van der Waals surface area contributed by atoms with Crippen LogP contribution in [0.15, 0.2) is 24.3 Å². The SMILES string of the molecule is COc1ccc(-c2c(N)sc3c2CCCC3)cc1. The van der Waals surface area contributed by atoms with Crippen molar-refractivity contribution < 1.29 is 4.74 Å². The lowest BCUT2D eigenvalue weighted by Gasteiger charge is -2.13. The minimum Gasteiger partial charge on any atom is -0.497 e. The molecule has 3 rings (SSSR count). The van der Waals surface area contributed by atoms with Gasteiger partial charge in [-0.05, 0) is 48.9 Å². The second kappa shape index (κ2) is 4.65. The number of nitrogen functional groups attached to an aromatic ring is 1. The highest BCUT2D eigenvalue weighted by molar-refractivity contribution is 7.16. The molecule has 2 N–H and O–H groups in total. The van der Waals surface area contributed by atoms with Gasteiger partial charge in [-0.1, -0.05) is 12.1 Å². The first-order valence-electron chi connectivity index (χ1n) is 6.34. The summed E-state index contributed by atoms with van der Waals surface area (Å²) in [5, 5.41) is 0.965. The fourth-order valence-electron chi connectivity index (χ4n) is 2.66. The van der Waals surface area contributed by atoms with Crippen LogP contribution in [0.3, 0.4) is 0 Å². The third kappa shape index (κ3) is 1.89. The minimum atomic E-state index is 0.890. The van der Waals surface area contributed by atoms with Gasteiger partial charge in [0.25, 0.3) is 0 Å². The molecule has 0 spiro atoms. The van der Waals surface area contributed by atoms with Crippen LogP contribution in [0.25, 0.3) is 11.1 Å². The predicted octanol–water partition coefficient (Wildman–Crippen LogP) is 3.88. The van der Waals surface area contributed by atoms with Crippen molar-refractivity contribution in [1.29, 1.82) is 0 Å². The number of aryl methyl sites for hydroxylation is 1. The third-order valence-electron chi connectivity index (χ3n) is 3.58. The molecule has 18 heavy (non-hydrogen) atoms. The fourth-order valence-corrected chi connectivity index (χ4v) is 3.84. The van der Waals surface area contributed by atoms with Gasteiger partial charge in [0.05, 0.1) is 12.1 Å². The molecule has 0 saturated carbocycles. The van der Waals surface area contributed by atoms with Gasteiger partial charge in [-0.3, -0.25) is 0 Å². The van der Waals surface area contributed by atoms with E-state index in [1.807, 2.05) is 12.1 Å². The van der Waals surface area contributed by atoms with Crippen molar-refractivity contribution in [3.63, 3.8) is 0 Å². The van der Waals surface area contributed by atoms with Gasteiger partial charge in [0.1, 0.15) is 5.75 Å². The van der Waals surface area contributed by atoms with Gasteiger partial charge < -0.3 is 10.5 Å². The van der Waals surface area contributed by atoms with Crippen LogP contribution in [-0.2, 0) is 12.8 Å². The molecule has 0 fully saturated rings. The number of nitrogens with two attached hydrogens (primary N) is 1. The van der Waals surface area contributed by atoms with Gasteiger partial charge in [0.15, 0.2) is 0 Å². The van der Waals surface area contributed by atoms with E-state index in [9.17, 15) is 0 Å². The van der Waals surface area contributed by atoms with E-state index in [0.29, 0.717) is 0 Å². The van der Waals surface area contributed by atoms with Crippen LogP contribution in [0.4, 0.5) is 5.00 Å². The summed E-state index contributed by atoms with van der Waals surface area (Å²) in [6.07, 6.45) is 4.95. The van der Waals surface area contributed by atoms with Crippen LogP contribution in [0.2, 0.25) is 0 Å². The Balaban J connectivity index is 2.07. The molecule has 1 aliphatic carbocycles. The molecule has 3 heteroatoms. The van der Waals surface area contributed by atoms with Gasteiger partial charge in [-0.15, -0.1) is 11.3 Å². The first kappa shape index (κ1) is 11.6. The predicted molar refractivity (Wildman–Crippen MR) is 77.4 cm³/mol. The normalized spacial score (nSPS) is 14.3. The number of hydrogen-bond donors (Lipinski definition) is 1. The lowest BCUT2D eigenvalue weighted by atomic mass is 9.92. The molecule has 0 radical (unpaired) electrons. The number of anilines is 1. The molecule has 2 aromatic rings. The molecule has 1 aromatic carbocycles. The number of rotatable bonds is 2. The maximum Gasteiger partial charge on any atom is 0.118 e. The smallest absolute Gasteiger partial charge is 0.118 e. The molecule has 0 unspecified atom stereocenters. The summed E-state index contributed by atoms with van der Waals surface area (Å²) < 4.78 is 5.20. The zero-order valence-electron chi connectivity index (χ0n) is 10.5. The largest absolute Gasteiger partial charge is 0.497 e. The lowest BCUT2D eigenvalue weighted by molar-refractivity contribution is 0.415. The second-order valence-electron chi connectivity index (χ2n) is 4.68. The Hall–Kier alpha value is -1.48. The molecule has 1 heterocycles. The van der Waals surface area contributed by atoms with E-state index in [1.54, 1.807) is 18.4 Å². The van der Waals surface area contributed by atoms with E-state index in [1.165, 1.54) is 47.3 Å². The summed E-state index contributed by atoms with van der Waals surface area (Å²) in [6.45, 7) is 0. The maximum absolute atomic E-state index is 6.21. The van der Waals surface area contributed by atoms with E-state index in [0.717, 1.165) is 10.8 Å². The van der Waals surface area contributed by atoms with Crippen molar-refractivity contribution in [1.82, 2.24) is 0 Å². The number of methoxy groups -OCH3 is 1. The molecular formula is C15H17NOS. The van der Waals surface area contributed by atoms with Crippen LogP contribution in [0.1, 0.15) is 23.3 Å². The number of ether oxygens (including phenoxy) is 1. The Morgan fingerprint density at radius 3 is 2.56 bits per heavy atom. The average molecular weight is 259 g/mol. The molecule has 0 atom stereocenters. The standard InChI is InChI=1S/C15H17NOS/c1-17-11-8-6-10(7-9-11)14-12-4-2-3-5-13(12)18-15(14)16/h6-9H,2-5,16H2,1H3. The molecule has 1 aromatic heterocycles. The van der Waals surface area contributed by atoms with Gasteiger partial charge in [0.2, 0.25) is 0 Å². The van der Waals surface area contributed by atoms with Crippen LogP contribution in [0.5, 0.6) is 5.75 Å². The van der Waals surface area contributed by atoms with Crippen LogP contribution in [0, 0.1) is 0 Å². The number of fused-ring (bicyclic) bond motifs is 1. The van der Waals surface area contributed by atoms with E-state index in [2.05, 4.69) is 12.1 Å². The molecule has 0 amide bonds. The lowest BCUT2D eigenvalue weighted by Crippen LogP contribution is -1.99. The first-order chi connectivity index (χ1) is 8.79. The van der Waals surface area contributed by atoms with Crippen molar-refractivity contribution in [2.75, 3.05) is 12.8 Å². The van der Waals surface area contributed by atoms with Crippen LogP contribution in [-0.4, -0.2) is 7.11 Å². The zero-order valence-corrected chi connectivity index (χ0v) is 11.3. The molecule has 0 aliphatic heterocycles. The fraction of sp³-hybridized carbons (Fsp3) is 0.333. The summed E-state index contributed by atoms with van der Waals surface area (Å²) in [5.74, 6) is 0.890. The summed E-state index contributed by atoms with van der Waals surface area (Å²) in [6, 6.07) is 8.21. The highest BCUT2D eigenvalue weighted by Gasteiger charge is 2.20. The van der Waals surface area contributed by atoms with Gasteiger partial charge in [-0.2, -0.15) is 0 Å². The molecule has 94 valence electrons. The maximum atomic E-state index is 6.21. The zero-order chi connectivity index (χ0) is 12.5. The summed E-state index contributed by atoms with van der Waals surface area (Å²) >= 11 is 1.77. The van der Waals surface area contributed by atoms with E-state index in [-0.39, 0.29) is 0 Å². The molecule has 2 nitrogen and oxygen atoms in total. The monoisotopic (exact) mass is 259 g/mol. The highest BCUT2D eigenvalue weighted by atomic mass is 32.1. The number of thiophene rings is 1. The van der Waals surface area contributed by atoms with Crippen LogP contribution >= 0.6 is 11.3 Å². The second-order valence-corrected chi connectivity index (χ2v) is 5.82. The van der Waals surface area contributed by atoms with Crippen molar-refractivity contribution in [2.24, 2.45) is 0 Å². The van der Waals surface area contributed by atoms with Crippen molar-refractivity contribution in [3.8, 4) is 16.9 Å². The van der Waals surface area contributed by atoms with Gasteiger partial charge >= 0.3 is 0 Å². The van der Waals surface area contributed by atoms with Gasteiger partial charge in [0, 0.05) is 10.4 Å². The Bertz CT molecular complexity index is 557. The Kier molecular flexibility index (Phi) is 3.00. The number of benzene rings is 1. The van der Waals surface area contributed by atoms with E-state index < -0.39 is 0 Å². The molecule has 0 saturated heterocycles. The van der Waals surface area contributed by atoms with Crippen molar-refractivity contribution in [2.45, 2.75) is 25.7 Å². The Labute approximate surface area is 111 Å². The summed E-state index contributed by atoms with van der Waals surface area (Å²) in [7, 11) is 1.69. The average Bonchev–Trinajstić information content (AvgIpc) is 2.75. The third-order valence-corrected chi connectivity index (χ3v) is 4.70.